The first kappa shape index (κ1) is 21.5. The summed E-state index contributed by atoms with van der Waals surface area (Å²) in [6.45, 7) is 3.78. The van der Waals surface area contributed by atoms with Gasteiger partial charge in [-0.3, -0.25) is 9.59 Å². The largest absolute Gasteiger partial charge is 0.378 e. The standard InChI is InChI=1S/C23H23FN4O4/c1-15-2-5-17(6-3-15)25-21(29)14-28-22(30)19(26-23(28)31)13-16-4-7-20(18(24)12-16)27-8-10-32-11-9-27/h2-7,12-13H,8-11,14H2,1H3,(H,25,29)(H,26,31)/b19-13-. The lowest BCUT2D eigenvalue weighted by Crippen LogP contribution is -2.38. The van der Waals surface area contributed by atoms with Crippen molar-refractivity contribution in [1.82, 2.24) is 10.2 Å². The van der Waals surface area contributed by atoms with Gasteiger partial charge in [-0.05, 0) is 42.8 Å². The van der Waals surface area contributed by atoms with Gasteiger partial charge in [0, 0.05) is 18.8 Å². The summed E-state index contributed by atoms with van der Waals surface area (Å²) in [6.07, 6.45) is 1.39. The van der Waals surface area contributed by atoms with Crippen LogP contribution in [0.1, 0.15) is 11.1 Å². The molecule has 0 unspecified atom stereocenters. The van der Waals surface area contributed by atoms with Gasteiger partial charge in [-0.1, -0.05) is 23.8 Å². The Morgan fingerprint density at radius 2 is 1.88 bits per heavy atom. The molecule has 2 aliphatic heterocycles. The Labute approximate surface area is 184 Å². The number of amides is 4. The summed E-state index contributed by atoms with van der Waals surface area (Å²) in [5.41, 5.74) is 2.48. The predicted octanol–water partition coefficient (Wildman–Crippen LogP) is 2.50. The van der Waals surface area contributed by atoms with Gasteiger partial charge in [-0.15, -0.1) is 0 Å². The van der Waals surface area contributed by atoms with E-state index in [1.54, 1.807) is 24.3 Å². The van der Waals surface area contributed by atoms with E-state index in [2.05, 4.69) is 10.6 Å². The number of morpholine rings is 1. The number of urea groups is 1. The molecule has 2 fully saturated rings. The van der Waals surface area contributed by atoms with Crippen molar-refractivity contribution in [2.45, 2.75) is 6.92 Å². The molecule has 8 nitrogen and oxygen atoms in total. The van der Waals surface area contributed by atoms with Gasteiger partial charge in [-0.2, -0.15) is 0 Å². The van der Waals surface area contributed by atoms with Crippen LogP contribution in [0.3, 0.4) is 0 Å². The van der Waals surface area contributed by atoms with Crippen LogP contribution < -0.4 is 15.5 Å². The molecule has 4 rings (SSSR count). The number of hydrogen-bond acceptors (Lipinski definition) is 5. The maximum atomic E-state index is 14.6. The van der Waals surface area contributed by atoms with E-state index in [0.29, 0.717) is 43.2 Å². The molecule has 2 aliphatic rings. The number of nitrogens with zero attached hydrogens (tertiary/aromatic N) is 2. The first-order chi connectivity index (χ1) is 15.4. The van der Waals surface area contributed by atoms with Crippen LogP contribution in [0.5, 0.6) is 0 Å². The summed E-state index contributed by atoms with van der Waals surface area (Å²) in [5, 5.41) is 5.10. The first-order valence-corrected chi connectivity index (χ1v) is 10.2. The smallest absolute Gasteiger partial charge is 0.329 e. The fraction of sp³-hybridized carbons (Fsp3) is 0.261. The number of rotatable bonds is 5. The van der Waals surface area contributed by atoms with Crippen molar-refractivity contribution in [1.29, 1.82) is 0 Å². The minimum atomic E-state index is -0.703. The number of imide groups is 1. The fourth-order valence-corrected chi connectivity index (χ4v) is 3.54. The third-order valence-corrected chi connectivity index (χ3v) is 5.23. The molecule has 2 saturated heterocycles. The number of anilines is 2. The molecule has 2 N–H and O–H groups in total. The van der Waals surface area contributed by atoms with Crippen molar-refractivity contribution in [3.05, 3.63) is 65.1 Å². The van der Waals surface area contributed by atoms with E-state index in [0.717, 1.165) is 10.5 Å². The molecule has 166 valence electrons. The van der Waals surface area contributed by atoms with Crippen molar-refractivity contribution in [2.24, 2.45) is 0 Å². The van der Waals surface area contributed by atoms with Crippen molar-refractivity contribution in [3.63, 3.8) is 0 Å². The predicted molar refractivity (Wildman–Crippen MR) is 117 cm³/mol. The molecular weight excluding hydrogens is 415 g/mol. The Hall–Kier alpha value is -3.72. The topological polar surface area (TPSA) is 91.0 Å². The Bertz CT molecular complexity index is 1080. The zero-order valence-electron chi connectivity index (χ0n) is 17.6. The molecule has 2 aromatic carbocycles. The number of carbonyl (C=O) groups excluding carboxylic acids is 3. The average Bonchev–Trinajstić information content (AvgIpc) is 3.03. The number of aryl methyl sites for hydroxylation is 1. The number of hydrogen-bond donors (Lipinski definition) is 2. The van der Waals surface area contributed by atoms with Crippen LogP contribution in [0.4, 0.5) is 20.6 Å². The van der Waals surface area contributed by atoms with E-state index in [4.69, 9.17) is 4.74 Å². The van der Waals surface area contributed by atoms with Gasteiger partial charge < -0.3 is 20.3 Å². The van der Waals surface area contributed by atoms with E-state index in [1.165, 1.54) is 12.1 Å². The van der Waals surface area contributed by atoms with Crippen molar-refractivity contribution in [3.8, 4) is 0 Å². The highest BCUT2D eigenvalue weighted by Gasteiger charge is 2.35. The van der Waals surface area contributed by atoms with Gasteiger partial charge in [0.2, 0.25) is 5.91 Å². The van der Waals surface area contributed by atoms with Crippen LogP contribution in [0.15, 0.2) is 48.2 Å². The van der Waals surface area contributed by atoms with E-state index >= 15 is 0 Å². The summed E-state index contributed by atoms with van der Waals surface area (Å²) in [4.78, 5) is 39.8. The second-order valence-electron chi connectivity index (χ2n) is 7.60. The molecule has 0 spiro atoms. The van der Waals surface area contributed by atoms with Gasteiger partial charge in [0.15, 0.2) is 0 Å². The van der Waals surface area contributed by atoms with Gasteiger partial charge in [-0.25, -0.2) is 14.1 Å². The summed E-state index contributed by atoms with van der Waals surface area (Å²) in [5.74, 6) is -1.57. The molecule has 0 aromatic heterocycles. The van der Waals surface area contributed by atoms with Gasteiger partial charge in [0.05, 0.1) is 18.9 Å². The normalized spacial score (nSPS) is 17.6. The Morgan fingerprint density at radius 1 is 1.16 bits per heavy atom. The van der Waals surface area contributed by atoms with Crippen LogP contribution in [0.25, 0.3) is 6.08 Å². The molecule has 32 heavy (non-hydrogen) atoms. The van der Waals surface area contributed by atoms with Gasteiger partial charge in [0.25, 0.3) is 5.91 Å². The molecule has 2 heterocycles. The van der Waals surface area contributed by atoms with Gasteiger partial charge >= 0.3 is 6.03 Å². The average molecular weight is 438 g/mol. The van der Waals surface area contributed by atoms with Crippen LogP contribution in [0.2, 0.25) is 0 Å². The van der Waals surface area contributed by atoms with Crippen LogP contribution in [-0.4, -0.2) is 55.6 Å². The second kappa shape index (κ2) is 9.19. The van der Waals surface area contributed by atoms with E-state index < -0.39 is 30.2 Å². The molecule has 2 aromatic rings. The first-order valence-electron chi connectivity index (χ1n) is 10.2. The van der Waals surface area contributed by atoms with Gasteiger partial charge in [0.1, 0.15) is 18.1 Å². The molecule has 4 amide bonds. The Balaban J connectivity index is 1.43. The van der Waals surface area contributed by atoms with E-state index in [-0.39, 0.29) is 5.70 Å². The lowest BCUT2D eigenvalue weighted by atomic mass is 10.1. The minimum absolute atomic E-state index is 0.0170. The van der Waals surface area contributed by atoms with Crippen LogP contribution >= 0.6 is 0 Å². The molecule has 0 saturated carbocycles. The fourth-order valence-electron chi connectivity index (χ4n) is 3.54. The molecular formula is C23H23FN4O4. The Kier molecular flexibility index (Phi) is 6.18. The number of nitrogens with one attached hydrogen (secondary N) is 2. The lowest BCUT2D eigenvalue weighted by Gasteiger charge is -2.29. The van der Waals surface area contributed by atoms with Crippen molar-refractivity contribution >= 4 is 35.3 Å². The van der Waals surface area contributed by atoms with Crippen molar-refractivity contribution in [2.75, 3.05) is 43.1 Å². The second-order valence-corrected chi connectivity index (χ2v) is 7.60. The summed E-state index contributed by atoms with van der Waals surface area (Å²) in [6, 6.07) is 11.1. The van der Waals surface area contributed by atoms with E-state index in [9.17, 15) is 18.8 Å². The number of carbonyl (C=O) groups is 3. The highest BCUT2D eigenvalue weighted by atomic mass is 19.1. The molecule has 9 heteroatoms. The number of ether oxygens (including phenoxy) is 1. The third kappa shape index (κ3) is 4.78. The highest BCUT2D eigenvalue weighted by molar-refractivity contribution is 6.15. The highest BCUT2D eigenvalue weighted by Crippen LogP contribution is 2.23. The number of benzene rings is 2. The maximum Gasteiger partial charge on any atom is 0.329 e. The number of halogens is 1. The third-order valence-electron chi connectivity index (χ3n) is 5.23. The minimum Gasteiger partial charge on any atom is -0.378 e. The zero-order chi connectivity index (χ0) is 22.7. The molecule has 0 aliphatic carbocycles. The zero-order valence-corrected chi connectivity index (χ0v) is 17.6. The van der Waals surface area contributed by atoms with E-state index in [1.807, 2.05) is 24.0 Å². The lowest BCUT2D eigenvalue weighted by molar-refractivity contribution is -0.127. The summed E-state index contributed by atoms with van der Waals surface area (Å²) in [7, 11) is 0. The quantitative estimate of drug-likeness (QED) is 0.553. The molecule has 0 radical (unpaired) electrons. The maximum absolute atomic E-state index is 14.6. The molecule has 0 bridgehead atoms. The molecule has 0 atom stereocenters. The monoisotopic (exact) mass is 438 g/mol. The van der Waals surface area contributed by atoms with Crippen molar-refractivity contribution < 1.29 is 23.5 Å². The van der Waals surface area contributed by atoms with Crippen LogP contribution in [-0.2, 0) is 14.3 Å². The SMILES string of the molecule is Cc1ccc(NC(=O)CN2C(=O)N/C(=C\c3ccc(N4CCOCC4)c(F)c3)C2=O)cc1. The van der Waals surface area contributed by atoms with Crippen LogP contribution in [0, 0.1) is 12.7 Å². The summed E-state index contributed by atoms with van der Waals surface area (Å²) >= 11 is 0. The Morgan fingerprint density at radius 3 is 2.56 bits per heavy atom. The summed E-state index contributed by atoms with van der Waals surface area (Å²) < 4.78 is 19.9.